The molecule has 5 rings (SSSR count). The van der Waals surface area contributed by atoms with Crippen molar-refractivity contribution in [2.24, 2.45) is 7.05 Å². The molecule has 0 saturated carbocycles. The first kappa shape index (κ1) is 21.1. The highest BCUT2D eigenvalue weighted by molar-refractivity contribution is 7.89. The highest BCUT2D eigenvalue weighted by Gasteiger charge is 2.33. The molecule has 1 aliphatic rings. The van der Waals surface area contributed by atoms with Gasteiger partial charge < -0.3 is 4.42 Å². The van der Waals surface area contributed by atoms with Gasteiger partial charge in [-0.25, -0.2) is 8.42 Å². The van der Waals surface area contributed by atoms with Gasteiger partial charge in [0.1, 0.15) is 0 Å². The lowest BCUT2D eigenvalue weighted by Crippen LogP contribution is -2.36. The number of benzene rings is 2. The van der Waals surface area contributed by atoms with E-state index in [1.165, 1.54) is 16.4 Å². The van der Waals surface area contributed by atoms with Crippen molar-refractivity contribution in [2.75, 3.05) is 6.54 Å². The van der Waals surface area contributed by atoms with Crippen LogP contribution in [0.1, 0.15) is 22.4 Å². The number of nitriles is 1. The SMILES string of the molecule is Cc1ccc(-c2nnc(-c3nn(C)c4c3CN(S(=O)(=O)c3cccc(C#N)c3)CC4)o2)cc1. The molecule has 4 aromatic rings. The molecule has 10 heteroatoms. The van der Waals surface area contributed by atoms with Crippen LogP contribution in [0, 0.1) is 18.3 Å². The van der Waals surface area contributed by atoms with Gasteiger partial charge in [0.2, 0.25) is 15.9 Å². The molecule has 166 valence electrons. The van der Waals surface area contributed by atoms with Crippen molar-refractivity contribution in [3.63, 3.8) is 0 Å². The van der Waals surface area contributed by atoms with Crippen molar-refractivity contribution in [3.8, 4) is 29.1 Å². The third-order valence-electron chi connectivity index (χ3n) is 5.73. The van der Waals surface area contributed by atoms with Crippen LogP contribution < -0.4 is 0 Å². The maximum atomic E-state index is 13.3. The van der Waals surface area contributed by atoms with Crippen LogP contribution in [0.4, 0.5) is 0 Å². The van der Waals surface area contributed by atoms with E-state index in [0.29, 0.717) is 30.1 Å². The maximum absolute atomic E-state index is 13.3. The molecule has 2 aromatic heterocycles. The molecule has 33 heavy (non-hydrogen) atoms. The molecular formula is C23H20N6O3S. The summed E-state index contributed by atoms with van der Waals surface area (Å²) in [4.78, 5) is 0.0925. The first-order valence-corrected chi connectivity index (χ1v) is 11.8. The van der Waals surface area contributed by atoms with Gasteiger partial charge >= 0.3 is 0 Å². The lowest BCUT2D eigenvalue weighted by molar-refractivity contribution is 0.386. The van der Waals surface area contributed by atoms with Crippen molar-refractivity contribution in [2.45, 2.75) is 24.8 Å². The number of hydrogen-bond donors (Lipinski definition) is 0. The van der Waals surface area contributed by atoms with Gasteiger partial charge in [-0.15, -0.1) is 10.2 Å². The predicted molar refractivity (Wildman–Crippen MR) is 119 cm³/mol. The van der Waals surface area contributed by atoms with Gasteiger partial charge in [0.25, 0.3) is 5.89 Å². The molecule has 1 aliphatic heterocycles. The van der Waals surface area contributed by atoms with Crippen molar-refractivity contribution in [1.29, 1.82) is 5.26 Å². The van der Waals surface area contributed by atoms with E-state index in [-0.39, 0.29) is 17.3 Å². The first-order valence-electron chi connectivity index (χ1n) is 10.3. The molecule has 0 saturated heterocycles. The fourth-order valence-electron chi connectivity index (χ4n) is 3.95. The van der Waals surface area contributed by atoms with E-state index in [2.05, 4.69) is 15.3 Å². The Kier molecular flexibility index (Phi) is 5.08. The van der Waals surface area contributed by atoms with E-state index in [9.17, 15) is 8.42 Å². The van der Waals surface area contributed by atoms with E-state index in [1.54, 1.807) is 16.8 Å². The minimum Gasteiger partial charge on any atom is -0.415 e. The molecule has 2 aromatic carbocycles. The summed E-state index contributed by atoms with van der Waals surface area (Å²) in [7, 11) is -1.97. The molecule has 3 heterocycles. The van der Waals surface area contributed by atoms with Crippen LogP contribution in [0.2, 0.25) is 0 Å². The van der Waals surface area contributed by atoms with Gasteiger partial charge in [-0.2, -0.15) is 14.7 Å². The standard InChI is InChI=1S/C23H20N6O3S/c1-15-6-8-17(9-7-15)22-25-26-23(32-22)21-19-14-29(11-10-20(19)28(2)27-21)33(30,31)18-5-3-4-16(12-18)13-24/h3-9,12H,10-11,14H2,1-2H3. The Bertz CT molecular complexity index is 1500. The number of hydrogen-bond acceptors (Lipinski definition) is 7. The number of fused-ring (bicyclic) bond motifs is 1. The van der Waals surface area contributed by atoms with Crippen LogP contribution in [0.25, 0.3) is 23.0 Å². The highest BCUT2D eigenvalue weighted by Crippen LogP contribution is 2.33. The molecule has 0 N–H and O–H groups in total. The lowest BCUT2D eigenvalue weighted by Gasteiger charge is -2.26. The molecule has 0 aliphatic carbocycles. The van der Waals surface area contributed by atoms with Crippen molar-refractivity contribution >= 4 is 10.0 Å². The molecular weight excluding hydrogens is 440 g/mol. The van der Waals surface area contributed by atoms with Gasteiger partial charge in [-0.1, -0.05) is 23.8 Å². The van der Waals surface area contributed by atoms with E-state index < -0.39 is 10.0 Å². The van der Waals surface area contributed by atoms with Crippen molar-refractivity contribution in [1.82, 2.24) is 24.3 Å². The second-order valence-electron chi connectivity index (χ2n) is 7.90. The number of sulfonamides is 1. The summed E-state index contributed by atoms with van der Waals surface area (Å²) in [6.07, 6.45) is 0.495. The van der Waals surface area contributed by atoms with Gasteiger partial charge in [0.15, 0.2) is 5.69 Å². The summed E-state index contributed by atoms with van der Waals surface area (Å²) >= 11 is 0. The lowest BCUT2D eigenvalue weighted by atomic mass is 10.1. The third-order valence-corrected chi connectivity index (χ3v) is 7.58. The normalized spacial score (nSPS) is 14.1. The zero-order valence-electron chi connectivity index (χ0n) is 18.1. The summed E-state index contributed by atoms with van der Waals surface area (Å²) < 4.78 is 35.6. The quantitative estimate of drug-likeness (QED) is 0.459. The van der Waals surface area contributed by atoms with Crippen LogP contribution in [-0.2, 0) is 30.0 Å². The van der Waals surface area contributed by atoms with Gasteiger partial charge in [0, 0.05) is 43.4 Å². The zero-order valence-corrected chi connectivity index (χ0v) is 18.9. The second kappa shape index (κ2) is 7.95. The largest absolute Gasteiger partial charge is 0.415 e. The molecule has 9 nitrogen and oxygen atoms in total. The Morgan fingerprint density at radius 2 is 1.85 bits per heavy atom. The minimum absolute atomic E-state index is 0.0925. The van der Waals surface area contributed by atoms with Crippen LogP contribution in [0.5, 0.6) is 0 Å². The highest BCUT2D eigenvalue weighted by atomic mass is 32.2. The number of nitrogens with zero attached hydrogens (tertiary/aromatic N) is 6. The summed E-state index contributed by atoms with van der Waals surface area (Å²) in [5.74, 6) is 0.617. The van der Waals surface area contributed by atoms with Crippen molar-refractivity contribution in [3.05, 3.63) is 70.9 Å². The number of rotatable bonds is 4. The van der Waals surface area contributed by atoms with Crippen molar-refractivity contribution < 1.29 is 12.8 Å². The smallest absolute Gasteiger partial charge is 0.268 e. The van der Waals surface area contributed by atoms with E-state index >= 15 is 0 Å². The predicted octanol–water partition coefficient (Wildman–Crippen LogP) is 3.06. The Labute approximate surface area is 191 Å². The summed E-state index contributed by atoms with van der Waals surface area (Å²) in [6.45, 7) is 2.43. The minimum atomic E-state index is -3.79. The zero-order chi connectivity index (χ0) is 23.2. The Morgan fingerprint density at radius 3 is 2.61 bits per heavy atom. The molecule has 0 fully saturated rings. The van der Waals surface area contributed by atoms with Gasteiger partial charge in [0.05, 0.1) is 16.5 Å². The van der Waals surface area contributed by atoms with Crippen LogP contribution in [0.15, 0.2) is 57.8 Å². The van der Waals surface area contributed by atoms with E-state index in [4.69, 9.17) is 9.68 Å². The Morgan fingerprint density at radius 1 is 1.09 bits per heavy atom. The summed E-state index contributed by atoms with van der Waals surface area (Å²) in [5.41, 5.74) is 4.36. The first-order chi connectivity index (χ1) is 15.9. The molecule has 0 radical (unpaired) electrons. The summed E-state index contributed by atoms with van der Waals surface area (Å²) in [5, 5.41) is 22.0. The molecule has 0 bridgehead atoms. The van der Waals surface area contributed by atoms with Crippen LogP contribution in [0.3, 0.4) is 0 Å². The fraction of sp³-hybridized carbons (Fsp3) is 0.217. The maximum Gasteiger partial charge on any atom is 0.268 e. The third kappa shape index (κ3) is 3.71. The average Bonchev–Trinajstić information content (AvgIpc) is 3.44. The second-order valence-corrected chi connectivity index (χ2v) is 9.84. The van der Waals surface area contributed by atoms with Gasteiger partial charge in [-0.05, 0) is 37.3 Å². The average molecular weight is 461 g/mol. The monoisotopic (exact) mass is 460 g/mol. The fourth-order valence-corrected chi connectivity index (χ4v) is 5.41. The molecule has 0 unspecified atom stereocenters. The Hall–Kier alpha value is -3.81. The topological polar surface area (TPSA) is 118 Å². The molecule has 0 spiro atoms. The van der Waals surface area contributed by atoms with Crippen LogP contribution >= 0.6 is 0 Å². The van der Waals surface area contributed by atoms with E-state index in [0.717, 1.165) is 22.4 Å². The molecule has 0 atom stereocenters. The number of aryl methyl sites for hydroxylation is 2. The van der Waals surface area contributed by atoms with E-state index in [1.807, 2.05) is 44.3 Å². The number of aromatic nitrogens is 4. The molecule has 0 amide bonds. The van der Waals surface area contributed by atoms with Gasteiger partial charge in [-0.3, -0.25) is 4.68 Å². The summed E-state index contributed by atoms with van der Waals surface area (Å²) in [6, 6.07) is 15.8. The Balaban J connectivity index is 1.49. The van der Waals surface area contributed by atoms with Crippen LogP contribution in [-0.4, -0.2) is 39.2 Å².